The Balaban J connectivity index is 1.27. The second-order valence-corrected chi connectivity index (χ2v) is 9.35. The van der Waals surface area contributed by atoms with Crippen LogP contribution in [0.1, 0.15) is 17.0 Å². The first-order chi connectivity index (χ1) is 15.3. The standard InChI is InChI=1S/C27H32N2OS/c30-25(22-31-26-14-8-3-9-15-26)20-28-16-18-29(19-17-28)21-27(23-10-4-1-5-11-23)24-12-6-2-7-13-24/h1-15,25,27,30H,16-22H2. The van der Waals surface area contributed by atoms with Crippen molar-refractivity contribution in [3.8, 4) is 0 Å². The Morgan fingerprint density at radius 1 is 0.645 bits per heavy atom. The smallest absolute Gasteiger partial charge is 0.0760 e. The van der Waals surface area contributed by atoms with Crippen LogP contribution >= 0.6 is 11.8 Å². The summed E-state index contributed by atoms with van der Waals surface area (Å²) in [6.07, 6.45) is -0.293. The minimum absolute atomic E-state index is 0.293. The van der Waals surface area contributed by atoms with Crippen LogP contribution in [0.2, 0.25) is 0 Å². The molecule has 3 aromatic carbocycles. The first-order valence-corrected chi connectivity index (χ1v) is 12.2. The number of β-amino-alcohol motifs (C(OH)–C–C–N with tert-alkyl or cyclic N) is 1. The molecule has 162 valence electrons. The van der Waals surface area contributed by atoms with Crippen molar-refractivity contribution >= 4 is 11.8 Å². The van der Waals surface area contributed by atoms with Crippen molar-refractivity contribution in [2.24, 2.45) is 0 Å². The van der Waals surface area contributed by atoms with E-state index in [-0.39, 0.29) is 6.10 Å². The lowest BCUT2D eigenvalue weighted by Gasteiger charge is -2.37. The molecule has 1 atom stereocenters. The van der Waals surface area contributed by atoms with E-state index in [1.807, 2.05) is 18.2 Å². The highest BCUT2D eigenvalue weighted by Crippen LogP contribution is 2.26. The molecular formula is C27H32N2OS. The fourth-order valence-electron chi connectivity index (χ4n) is 4.25. The predicted molar refractivity (Wildman–Crippen MR) is 131 cm³/mol. The fourth-order valence-corrected chi connectivity index (χ4v) is 5.09. The Bertz CT molecular complexity index is 843. The average molecular weight is 433 g/mol. The third-order valence-corrected chi connectivity index (χ3v) is 7.12. The maximum Gasteiger partial charge on any atom is 0.0760 e. The molecule has 1 N–H and O–H groups in total. The number of aliphatic hydroxyl groups is 1. The van der Waals surface area contributed by atoms with Crippen molar-refractivity contribution in [3.05, 3.63) is 102 Å². The van der Waals surface area contributed by atoms with Gasteiger partial charge in [-0.1, -0.05) is 78.9 Å². The van der Waals surface area contributed by atoms with Gasteiger partial charge in [0.2, 0.25) is 0 Å². The van der Waals surface area contributed by atoms with Crippen LogP contribution in [0.4, 0.5) is 0 Å². The molecule has 1 saturated heterocycles. The number of piperazine rings is 1. The van der Waals surface area contributed by atoms with Crippen molar-refractivity contribution in [2.75, 3.05) is 45.0 Å². The van der Waals surface area contributed by atoms with E-state index in [4.69, 9.17) is 0 Å². The lowest BCUT2D eigenvalue weighted by molar-refractivity contribution is 0.0815. The van der Waals surface area contributed by atoms with Gasteiger partial charge in [0.25, 0.3) is 0 Å². The normalized spacial score (nSPS) is 16.5. The van der Waals surface area contributed by atoms with Gasteiger partial charge in [-0.05, 0) is 23.3 Å². The molecule has 3 aromatic rings. The monoisotopic (exact) mass is 432 g/mol. The van der Waals surface area contributed by atoms with E-state index in [1.165, 1.54) is 16.0 Å². The summed E-state index contributed by atoms with van der Waals surface area (Å²) < 4.78 is 0. The lowest BCUT2D eigenvalue weighted by Crippen LogP contribution is -2.49. The quantitative estimate of drug-likeness (QED) is 0.501. The molecule has 1 unspecified atom stereocenters. The van der Waals surface area contributed by atoms with Gasteiger partial charge < -0.3 is 5.11 Å². The molecule has 0 aromatic heterocycles. The summed E-state index contributed by atoms with van der Waals surface area (Å²) in [7, 11) is 0. The summed E-state index contributed by atoms with van der Waals surface area (Å²) in [5.41, 5.74) is 2.76. The number of nitrogens with zero attached hydrogens (tertiary/aromatic N) is 2. The van der Waals surface area contributed by atoms with Gasteiger partial charge in [0.15, 0.2) is 0 Å². The van der Waals surface area contributed by atoms with E-state index < -0.39 is 0 Å². The van der Waals surface area contributed by atoms with E-state index in [0.29, 0.717) is 5.92 Å². The highest BCUT2D eigenvalue weighted by molar-refractivity contribution is 7.99. The van der Waals surface area contributed by atoms with Crippen LogP contribution in [0, 0.1) is 0 Å². The number of rotatable bonds is 9. The number of aliphatic hydroxyl groups excluding tert-OH is 1. The van der Waals surface area contributed by atoms with Crippen molar-refractivity contribution in [1.82, 2.24) is 9.80 Å². The lowest BCUT2D eigenvalue weighted by atomic mass is 9.90. The molecule has 4 heteroatoms. The van der Waals surface area contributed by atoms with E-state index in [9.17, 15) is 5.11 Å². The Morgan fingerprint density at radius 3 is 1.61 bits per heavy atom. The third-order valence-electron chi connectivity index (χ3n) is 5.96. The van der Waals surface area contributed by atoms with Gasteiger partial charge in [-0.3, -0.25) is 9.80 Å². The topological polar surface area (TPSA) is 26.7 Å². The number of hydrogen-bond acceptors (Lipinski definition) is 4. The van der Waals surface area contributed by atoms with Crippen LogP contribution in [-0.2, 0) is 0 Å². The first kappa shape index (κ1) is 22.1. The zero-order chi connectivity index (χ0) is 21.3. The second kappa shape index (κ2) is 11.5. The van der Waals surface area contributed by atoms with Gasteiger partial charge in [-0.25, -0.2) is 0 Å². The van der Waals surface area contributed by atoms with Crippen LogP contribution in [0.15, 0.2) is 95.9 Å². The summed E-state index contributed by atoms with van der Waals surface area (Å²) in [6.45, 7) is 5.93. The molecule has 0 amide bonds. The summed E-state index contributed by atoms with van der Waals surface area (Å²) in [5.74, 6) is 1.13. The third kappa shape index (κ3) is 6.68. The number of benzene rings is 3. The first-order valence-electron chi connectivity index (χ1n) is 11.2. The molecule has 0 aliphatic carbocycles. The van der Waals surface area contributed by atoms with Gasteiger partial charge in [-0.15, -0.1) is 11.8 Å². The molecule has 3 nitrogen and oxygen atoms in total. The highest BCUT2D eigenvalue weighted by atomic mass is 32.2. The van der Waals surface area contributed by atoms with Crippen LogP contribution in [0.25, 0.3) is 0 Å². The molecule has 0 bridgehead atoms. The Hall–Kier alpha value is -2.11. The zero-order valence-electron chi connectivity index (χ0n) is 18.0. The van der Waals surface area contributed by atoms with Gasteiger partial charge >= 0.3 is 0 Å². The summed E-state index contributed by atoms with van der Waals surface area (Å²) in [5, 5.41) is 10.5. The molecule has 4 rings (SSSR count). The molecular weight excluding hydrogens is 400 g/mol. The maximum absolute atomic E-state index is 10.5. The average Bonchev–Trinajstić information content (AvgIpc) is 2.84. The van der Waals surface area contributed by atoms with Crippen LogP contribution < -0.4 is 0 Å². The number of thioether (sulfide) groups is 1. The molecule has 1 aliphatic heterocycles. The fraction of sp³-hybridized carbons (Fsp3) is 0.333. The maximum atomic E-state index is 10.5. The van der Waals surface area contributed by atoms with E-state index in [0.717, 1.165) is 45.0 Å². The van der Waals surface area contributed by atoms with Gasteiger partial charge in [0.05, 0.1) is 6.10 Å². The summed E-state index contributed by atoms with van der Waals surface area (Å²) >= 11 is 1.73. The van der Waals surface area contributed by atoms with Crippen molar-refractivity contribution in [2.45, 2.75) is 16.9 Å². The Morgan fingerprint density at radius 2 is 1.10 bits per heavy atom. The van der Waals surface area contributed by atoms with E-state index >= 15 is 0 Å². The molecule has 1 heterocycles. The zero-order valence-corrected chi connectivity index (χ0v) is 18.8. The van der Waals surface area contributed by atoms with Crippen molar-refractivity contribution in [1.29, 1.82) is 0 Å². The second-order valence-electron chi connectivity index (χ2n) is 8.25. The molecule has 1 fully saturated rings. The van der Waals surface area contributed by atoms with Crippen molar-refractivity contribution in [3.63, 3.8) is 0 Å². The molecule has 0 spiro atoms. The Labute approximate surface area is 190 Å². The summed E-state index contributed by atoms with van der Waals surface area (Å²) in [4.78, 5) is 6.21. The van der Waals surface area contributed by atoms with Gasteiger partial charge in [0, 0.05) is 55.8 Å². The largest absolute Gasteiger partial charge is 0.391 e. The Kier molecular flexibility index (Phi) is 8.19. The minimum Gasteiger partial charge on any atom is -0.391 e. The van der Waals surface area contributed by atoms with Crippen LogP contribution in [0.3, 0.4) is 0 Å². The van der Waals surface area contributed by atoms with Crippen molar-refractivity contribution < 1.29 is 5.11 Å². The molecule has 0 saturated carbocycles. The van der Waals surface area contributed by atoms with Crippen LogP contribution in [0.5, 0.6) is 0 Å². The SMILES string of the molecule is OC(CSc1ccccc1)CN1CCN(CC(c2ccccc2)c2ccccc2)CC1. The van der Waals surface area contributed by atoms with E-state index in [1.54, 1.807) is 11.8 Å². The van der Waals surface area contributed by atoms with E-state index in [2.05, 4.69) is 82.6 Å². The highest BCUT2D eigenvalue weighted by Gasteiger charge is 2.23. The molecule has 1 aliphatic rings. The van der Waals surface area contributed by atoms with Gasteiger partial charge in [-0.2, -0.15) is 0 Å². The van der Waals surface area contributed by atoms with Gasteiger partial charge in [0.1, 0.15) is 0 Å². The predicted octanol–water partition coefficient (Wildman–Crippen LogP) is 4.59. The summed E-state index contributed by atoms with van der Waals surface area (Å²) in [6, 6.07) is 32.0. The van der Waals surface area contributed by atoms with Crippen LogP contribution in [-0.4, -0.2) is 66.0 Å². The molecule has 31 heavy (non-hydrogen) atoms. The number of hydrogen-bond donors (Lipinski definition) is 1. The molecule has 0 radical (unpaired) electrons. The minimum atomic E-state index is -0.293.